The minimum atomic E-state index is -3.84. The first-order valence-corrected chi connectivity index (χ1v) is 8.26. The molecule has 0 saturated heterocycles. The van der Waals surface area contributed by atoms with Gasteiger partial charge < -0.3 is 4.74 Å². The molecular weight excluding hydrogens is 361 g/mol. The molecule has 0 saturated carbocycles. The summed E-state index contributed by atoms with van der Waals surface area (Å²) in [4.78, 5) is -0.139. The number of halogens is 2. The predicted octanol–water partition coefficient (Wildman–Crippen LogP) is 3.54. The maximum atomic E-state index is 13.5. The largest absolute Gasteiger partial charge is 0.380 e. The van der Waals surface area contributed by atoms with E-state index in [0.29, 0.717) is 12.3 Å². The summed E-state index contributed by atoms with van der Waals surface area (Å²) in [5.41, 5.74) is 1.23. The van der Waals surface area contributed by atoms with Gasteiger partial charge in [0.05, 0.1) is 16.0 Å². The number of rotatable bonds is 5. The van der Waals surface area contributed by atoms with Crippen LogP contribution in [0.4, 0.5) is 10.1 Å². The quantitative estimate of drug-likeness (QED) is 0.871. The Hall–Kier alpha value is -1.44. The van der Waals surface area contributed by atoms with Gasteiger partial charge in [-0.2, -0.15) is 0 Å². The van der Waals surface area contributed by atoms with Crippen molar-refractivity contribution in [2.24, 2.45) is 0 Å². The predicted molar refractivity (Wildman–Crippen MR) is 82.1 cm³/mol. The summed E-state index contributed by atoms with van der Waals surface area (Å²) in [5.74, 6) is -0.633. The smallest absolute Gasteiger partial charge is 0.261 e. The number of benzene rings is 2. The van der Waals surface area contributed by atoms with Gasteiger partial charge in [0, 0.05) is 12.8 Å². The molecule has 0 radical (unpaired) electrons. The third kappa shape index (κ3) is 4.03. The van der Waals surface area contributed by atoms with Crippen LogP contribution >= 0.6 is 15.9 Å². The van der Waals surface area contributed by atoms with Crippen molar-refractivity contribution in [1.29, 1.82) is 0 Å². The Balaban J connectivity index is 2.28. The number of sulfonamides is 1. The van der Waals surface area contributed by atoms with Crippen LogP contribution in [0.3, 0.4) is 0 Å². The van der Waals surface area contributed by atoms with E-state index in [1.54, 1.807) is 25.3 Å². The summed E-state index contributed by atoms with van der Waals surface area (Å²) in [6.45, 7) is 0.377. The number of methoxy groups -OCH3 is 1. The van der Waals surface area contributed by atoms with Gasteiger partial charge in [0.1, 0.15) is 5.82 Å². The molecule has 0 aliphatic heterocycles. The van der Waals surface area contributed by atoms with Crippen molar-refractivity contribution in [2.45, 2.75) is 11.5 Å². The van der Waals surface area contributed by atoms with Crippen LogP contribution in [0.25, 0.3) is 0 Å². The summed E-state index contributed by atoms with van der Waals surface area (Å²) in [5, 5.41) is 0. The van der Waals surface area contributed by atoms with E-state index in [9.17, 15) is 12.8 Å². The van der Waals surface area contributed by atoms with Crippen LogP contribution in [-0.4, -0.2) is 15.5 Å². The van der Waals surface area contributed by atoms with Crippen molar-refractivity contribution in [2.75, 3.05) is 11.8 Å². The van der Waals surface area contributed by atoms with Gasteiger partial charge in [-0.15, -0.1) is 0 Å². The van der Waals surface area contributed by atoms with Crippen molar-refractivity contribution < 1.29 is 17.5 Å². The first-order valence-electron chi connectivity index (χ1n) is 5.98. The van der Waals surface area contributed by atoms with Crippen LogP contribution in [0.15, 0.2) is 51.8 Å². The van der Waals surface area contributed by atoms with Gasteiger partial charge in [0.15, 0.2) is 0 Å². The van der Waals surface area contributed by atoms with Gasteiger partial charge in [0.25, 0.3) is 10.0 Å². The molecule has 2 aromatic carbocycles. The van der Waals surface area contributed by atoms with Crippen LogP contribution in [-0.2, 0) is 21.4 Å². The van der Waals surface area contributed by atoms with Crippen molar-refractivity contribution in [3.8, 4) is 0 Å². The molecule has 7 heteroatoms. The lowest BCUT2D eigenvalue weighted by molar-refractivity contribution is 0.185. The fourth-order valence-corrected chi connectivity index (χ4v) is 3.06. The van der Waals surface area contributed by atoms with Crippen molar-refractivity contribution in [1.82, 2.24) is 0 Å². The zero-order chi connectivity index (χ0) is 15.5. The number of ether oxygens (including phenoxy) is 1. The minimum Gasteiger partial charge on any atom is -0.380 e. The molecular formula is C14H13BrFNO3S. The summed E-state index contributed by atoms with van der Waals surface area (Å²) in [6.07, 6.45) is 0. The Morgan fingerprint density at radius 3 is 2.67 bits per heavy atom. The van der Waals surface area contributed by atoms with Gasteiger partial charge in [-0.05, 0) is 51.8 Å². The Kier molecular flexibility index (Phi) is 4.97. The lowest BCUT2D eigenvalue weighted by Crippen LogP contribution is -2.13. The first-order chi connectivity index (χ1) is 9.92. The summed E-state index contributed by atoms with van der Waals surface area (Å²) < 4.78 is 45.5. The van der Waals surface area contributed by atoms with Crippen LogP contribution in [0.2, 0.25) is 0 Å². The molecule has 2 rings (SSSR count). The molecule has 21 heavy (non-hydrogen) atoms. The van der Waals surface area contributed by atoms with Crippen LogP contribution in [0.1, 0.15) is 5.56 Å². The highest BCUT2D eigenvalue weighted by molar-refractivity contribution is 9.10. The van der Waals surface area contributed by atoms with E-state index in [1.165, 1.54) is 12.1 Å². The summed E-state index contributed by atoms with van der Waals surface area (Å²) >= 11 is 2.99. The van der Waals surface area contributed by atoms with Gasteiger partial charge in [-0.1, -0.05) is 12.1 Å². The summed E-state index contributed by atoms with van der Waals surface area (Å²) in [6, 6.07) is 10.5. The van der Waals surface area contributed by atoms with E-state index in [0.717, 1.165) is 11.6 Å². The van der Waals surface area contributed by atoms with E-state index < -0.39 is 15.8 Å². The minimum absolute atomic E-state index is 0.139. The highest BCUT2D eigenvalue weighted by atomic mass is 79.9. The molecule has 2 aromatic rings. The SMILES string of the molecule is COCc1cccc(NS(=O)(=O)c2ccc(Br)c(F)c2)c1. The second kappa shape index (κ2) is 6.55. The lowest BCUT2D eigenvalue weighted by Gasteiger charge is -2.10. The molecule has 0 unspecified atom stereocenters. The molecule has 1 N–H and O–H groups in total. The van der Waals surface area contributed by atoms with Crippen molar-refractivity contribution in [3.63, 3.8) is 0 Å². The zero-order valence-corrected chi connectivity index (χ0v) is 13.5. The van der Waals surface area contributed by atoms with Gasteiger partial charge in [-0.3, -0.25) is 4.72 Å². The first kappa shape index (κ1) is 15.9. The molecule has 4 nitrogen and oxygen atoms in total. The molecule has 0 heterocycles. The molecule has 0 fully saturated rings. The van der Waals surface area contributed by atoms with Crippen molar-refractivity contribution in [3.05, 3.63) is 58.3 Å². The maximum absolute atomic E-state index is 13.5. The Labute approximate surface area is 131 Å². The van der Waals surface area contributed by atoms with Crippen LogP contribution in [0, 0.1) is 5.82 Å². The van der Waals surface area contributed by atoms with Crippen LogP contribution in [0.5, 0.6) is 0 Å². The summed E-state index contributed by atoms with van der Waals surface area (Å²) in [7, 11) is -2.28. The number of anilines is 1. The average molecular weight is 374 g/mol. The highest BCUT2D eigenvalue weighted by Crippen LogP contribution is 2.22. The van der Waals surface area contributed by atoms with Crippen molar-refractivity contribution >= 4 is 31.6 Å². The second-order valence-corrected chi connectivity index (χ2v) is 6.85. The van der Waals surface area contributed by atoms with Gasteiger partial charge in [-0.25, -0.2) is 12.8 Å². The fraction of sp³-hybridized carbons (Fsp3) is 0.143. The second-order valence-electron chi connectivity index (χ2n) is 4.31. The molecule has 112 valence electrons. The number of hydrogen-bond acceptors (Lipinski definition) is 3. The highest BCUT2D eigenvalue weighted by Gasteiger charge is 2.16. The van der Waals surface area contributed by atoms with Gasteiger partial charge in [0.2, 0.25) is 0 Å². The third-order valence-electron chi connectivity index (χ3n) is 2.69. The fourth-order valence-electron chi connectivity index (χ4n) is 1.75. The molecule has 0 bridgehead atoms. The third-order valence-corrected chi connectivity index (χ3v) is 4.71. The molecule has 0 spiro atoms. The van der Waals surface area contributed by atoms with Gasteiger partial charge >= 0.3 is 0 Å². The Morgan fingerprint density at radius 2 is 2.00 bits per heavy atom. The van der Waals surface area contributed by atoms with E-state index in [2.05, 4.69) is 20.7 Å². The topological polar surface area (TPSA) is 55.4 Å². The lowest BCUT2D eigenvalue weighted by atomic mass is 10.2. The average Bonchev–Trinajstić information content (AvgIpc) is 2.42. The van der Waals surface area contributed by atoms with E-state index in [4.69, 9.17) is 4.74 Å². The Bertz CT molecular complexity index is 750. The zero-order valence-electron chi connectivity index (χ0n) is 11.1. The van der Waals surface area contributed by atoms with Crippen LogP contribution < -0.4 is 4.72 Å². The standard InChI is InChI=1S/C14H13BrFNO3S/c1-20-9-10-3-2-4-11(7-10)17-21(18,19)12-5-6-13(15)14(16)8-12/h2-8,17H,9H2,1H3. The molecule has 0 aliphatic rings. The maximum Gasteiger partial charge on any atom is 0.261 e. The van der Waals surface area contributed by atoms with E-state index >= 15 is 0 Å². The number of hydrogen-bond donors (Lipinski definition) is 1. The number of nitrogens with one attached hydrogen (secondary N) is 1. The molecule has 0 aliphatic carbocycles. The van der Waals surface area contributed by atoms with E-state index in [-0.39, 0.29) is 9.37 Å². The molecule has 0 aromatic heterocycles. The Morgan fingerprint density at radius 1 is 1.24 bits per heavy atom. The molecule has 0 amide bonds. The normalized spacial score (nSPS) is 11.4. The molecule has 0 atom stereocenters. The monoisotopic (exact) mass is 373 g/mol. The van der Waals surface area contributed by atoms with E-state index in [1.807, 2.05) is 6.07 Å².